The number of rotatable bonds is 43. The molecule has 0 heterocycles. The van der Waals surface area contributed by atoms with E-state index < -0.39 is 11.9 Å². The number of carbonyl (C=O) groups is 4. The van der Waals surface area contributed by atoms with Crippen molar-refractivity contribution in [3.8, 4) is 0 Å². The fraction of sp³-hybridized carbons (Fsp3) is 0.915. The van der Waals surface area contributed by atoms with Crippen molar-refractivity contribution in [3.63, 3.8) is 0 Å². The predicted octanol–water partition coefficient (Wildman–Crippen LogP) is 10.2. The fourth-order valence-electron chi connectivity index (χ4n) is 7.16. The van der Waals surface area contributed by atoms with Crippen LogP contribution in [0.5, 0.6) is 0 Å². The van der Waals surface area contributed by atoms with E-state index in [9.17, 15) is 14.4 Å². The van der Waals surface area contributed by atoms with Crippen molar-refractivity contribution in [2.75, 3.05) is 80.1 Å². The van der Waals surface area contributed by atoms with E-state index in [1.54, 1.807) is 0 Å². The summed E-state index contributed by atoms with van der Waals surface area (Å²) in [6.45, 7) is 11.9. The average molecular weight is 846 g/mol. The first kappa shape index (κ1) is 58.8. The van der Waals surface area contributed by atoms with Crippen LogP contribution in [0.2, 0.25) is 0 Å². The second-order valence-electron chi connectivity index (χ2n) is 16.3. The second kappa shape index (κ2) is 46.8. The van der Waals surface area contributed by atoms with E-state index in [2.05, 4.69) is 46.7 Å². The molecule has 12 nitrogen and oxygen atoms in total. The van der Waals surface area contributed by atoms with Crippen molar-refractivity contribution in [2.45, 2.75) is 182 Å². The van der Waals surface area contributed by atoms with E-state index in [1.807, 2.05) is 0 Å². The van der Waals surface area contributed by atoms with E-state index >= 15 is 0 Å². The van der Waals surface area contributed by atoms with Gasteiger partial charge in [0.05, 0.1) is 33.0 Å². The first-order chi connectivity index (χ1) is 28.7. The lowest BCUT2D eigenvalue weighted by molar-refractivity contribution is -0.156. The molecule has 1 unspecified atom stereocenters. The van der Waals surface area contributed by atoms with Gasteiger partial charge in [-0.15, -0.1) is 0 Å². The van der Waals surface area contributed by atoms with Crippen LogP contribution < -0.4 is 0 Å². The molecule has 0 aromatic heterocycles. The zero-order valence-corrected chi connectivity index (χ0v) is 38.8. The van der Waals surface area contributed by atoms with Crippen molar-refractivity contribution >= 4 is 24.4 Å². The quantitative estimate of drug-likeness (QED) is 0.0270. The molecule has 0 bridgehead atoms. The Hall–Kier alpha value is -2.28. The van der Waals surface area contributed by atoms with Gasteiger partial charge in [-0.1, -0.05) is 130 Å². The third-order valence-electron chi connectivity index (χ3n) is 10.6. The maximum Gasteiger partial charge on any atom is 0.332 e. The highest BCUT2D eigenvalue weighted by molar-refractivity contribution is 5.73. The Kier molecular flexibility index (Phi) is 46.6. The Morgan fingerprint density at radius 3 is 1.20 bits per heavy atom. The third-order valence-corrected chi connectivity index (χ3v) is 10.6. The number of ether oxygens (including phenoxy) is 6. The number of unbranched alkanes of at least 4 members (excludes halogenated alkanes) is 8. The molecule has 0 saturated carbocycles. The van der Waals surface area contributed by atoms with Crippen LogP contribution in [0.4, 0.5) is 0 Å². The minimum atomic E-state index is -0.456. The Morgan fingerprint density at radius 1 is 0.441 bits per heavy atom. The topological polar surface area (TPSA) is 147 Å². The molecule has 0 rings (SSSR count). The van der Waals surface area contributed by atoms with Gasteiger partial charge < -0.3 is 38.4 Å². The zero-order valence-electron chi connectivity index (χ0n) is 38.8. The minimum absolute atomic E-state index is 0.0319. The van der Waals surface area contributed by atoms with Gasteiger partial charge in [0.2, 0.25) is 0 Å². The summed E-state index contributed by atoms with van der Waals surface area (Å²) >= 11 is 0. The van der Waals surface area contributed by atoms with Crippen LogP contribution in [0.1, 0.15) is 182 Å². The van der Waals surface area contributed by atoms with Crippen LogP contribution >= 0.6 is 0 Å². The number of nitrogens with zero attached hydrogens (tertiary/aromatic N) is 1. The summed E-state index contributed by atoms with van der Waals surface area (Å²) in [5, 5.41) is 6.89. The Bertz CT molecular complexity index is 916. The van der Waals surface area contributed by atoms with E-state index in [-0.39, 0.29) is 32.3 Å². The summed E-state index contributed by atoms with van der Waals surface area (Å²) in [7, 11) is 4.18. The van der Waals surface area contributed by atoms with Crippen LogP contribution in [0.3, 0.4) is 0 Å². The lowest BCUT2D eigenvalue weighted by atomic mass is 9.92. The van der Waals surface area contributed by atoms with E-state index in [1.165, 1.54) is 103 Å². The number of hydrogen-bond acceptors (Lipinski definition) is 11. The molecular weight excluding hydrogens is 755 g/mol. The van der Waals surface area contributed by atoms with E-state index in [0.717, 1.165) is 57.9 Å². The van der Waals surface area contributed by atoms with E-state index in [4.69, 9.17) is 38.3 Å². The Balaban J connectivity index is 0. The molecule has 0 radical (unpaired) electrons. The van der Waals surface area contributed by atoms with Gasteiger partial charge in [0.1, 0.15) is 19.8 Å². The highest BCUT2D eigenvalue weighted by atomic mass is 16.6. The Labute approximate surface area is 360 Å². The van der Waals surface area contributed by atoms with Crippen molar-refractivity contribution in [2.24, 2.45) is 17.8 Å². The van der Waals surface area contributed by atoms with Crippen molar-refractivity contribution in [1.82, 2.24) is 4.90 Å². The van der Waals surface area contributed by atoms with Gasteiger partial charge in [0.25, 0.3) is 6.47 Å². The molecule has 0 aromatic rings. The van der Waals surface area contributed by atoms with Crippen molar-refractivity contribution in [3.05, 3.63) is 0 Å². The molecule has 0 amide bonds. The molecule has 59 heavy (non-hydrogen) atoms. The molecule has 0 saturated heterocycles. The molecule has 1 N–H and O–H groups in total. The molecule has 0 fully saturated rings. The number of carboxylic acid groups (broad SMARTS) is 1. The molecule has 0 aliphatic heterocycles. The number of hydrogen-bond donors (Lipinski definition) is 1. The van der Waals surface area contributed by atoms with Gasteiger partial charge in [-0.2, -0.15) is 0 Å². The van der Waals surface area contributed by atoms with Gasteiger partial charge >= 0.3 is 17.9 Å². The van der Waals surface area contributed by atoms with Crippen molar-refractivity contribution < 1.29 is 52.7 Å². The summed E-state index contributed by atoms with van der Waals surface area (Å²) in [5.41, 5.74) is 0. The smallest absolute Gasteiger partial charge is 0.332 e. The maximum absolute atomic E-state index is 12.2. The molecule has 0 aromatic carbocycles. The third kappa shape index (κ3) is 45.1. The van der Waals surface area contributed by atoms with Gasteiger partial charge in [-0.3, -0.25) is 4.79 Å². The normalized spacial score (nSPS) is 11.7. The highest BCUT2D eigenvalue weighted by Crippen LogP contribution is 2.23. The van der Waals surface area contributed by atoms with Crippen LogP contribution in [-0.2, 0) is 47.6 Å². The zero-order chi connectivity index (χ0) is 44.0. The second-order valence-corrected chi connectivity index (χ2v) is 16.3. The number of esters is 3. The predicted molar refractivity (Wildman–Crippen MR) is 237 cm³/mol. The standard InChI is InChI=1S/C46H89NO9.CH2O2/c1-7-11-15-22-42(23-16-12-8-2)29-34-55-44(48)38-52-37-36-51-32-20-27-41(26-19-31-47(5)6)28-21-33-54-45(49)39-53-40-46(50)56-35-30-43(24-17-13-9-3)25-18-14-10-4;2-1-3/h41-43H,7-40H2,1-6H3;1H,(H,2,3). The van der Waals surface area contributed by atoms with Crippen LogP contribution in [0, 0.1) is 17.8 Å². The lowest BCUT2D eigenvalue weighted by Gasteiger charge is -2.18. The fourth-order valence-corrected chi connectivity index (χ4v) is 7.16. The maximum atomic E-state index is 12.2. The molecule has 350 valence electrons. The first-order valence-electron chi connectivity index (χ1n) is 23.6. The highest BCUT2D eigenvalue weighted by Gasteiger charge is 2.14. The first-order valence-corrected chi connectivity index (χ1v) is 23.6. The van der Waals surface area contributed by atoms with Crippen molar-refractivity contribution in [1.29, 1.82) is 0 Å². The molecule has 0 spiro atoms. The van der Waals surface area contributed by atoms with E-state index in [0.29, 0.717) is 57.4 Å². The lowest BCUT2D eigenvalue weighted by Crippen LogP contribution is -2.20. The molecule has 12 heteroatoms. The molecule has 0 aliphatic rings. The Morgan fingerprint density at radius 2 is 0.780 bits per heavy atom. The molecule has 0 aliphatic carbocycles. The van der Waals surface area contributed by atoms with Gasteiger partial charge in [-0.05, 0) is 89.8 Å². The summed E-state index contributed by atoms with van der Waals surface area (Å²) < 4.78 is 32.8. The summed E-state index contributed by atoms with van der Waals surface area (Å²) in [6, 6.07) is 0. The summed E-state index contributed by atoms with van der Waals surface area (Å²) in [6.07, 6.45) is 27.5. The van der Waals surface area contributed by atoms with Gasteiger partial charge in [0.15, 0.2) is 0 Å². The monoisotopic (exact) mass is 846 g/mol. The van der Waals surface area contributed by atoms with Gasteiger partial charge in [0, 0.05) is 6.61 Å². The van der Waals surface area contributed by atoms with Crippen LogP contribution in [-0.4, -0.2) is 114 Å². The largest absolute Gasteiger partial charge is 0.483 e. The van der Waals surface area contributed by atoms with Gasteiger partial charge in [-0.25, -0.2) is 14.4 Å². The summed E-state index contributed by atoms with van der Waals surface area (Å²) in [5.74, 6) is 0.575. The average Bonchev–Trinajstić information content (AvgIpc) is 3.20. The summed E-state index contributed by atoms with van der Waals surface area (Å²) in [4.78, 5) is 47.1. The number of carbonyl (C=O) groups excluding carboxylic acids is 3. The molecular formula is C47H91NO11. The SMILES string of the molecule is CCCCCC(CCCCC)CCOC(=O)COCCOCCCC(CCCOC(=O)COCC(=O)OCCC(CCCCC)CCCCC)CCCN(C)C.O=CO. The minimum Gasteiger partial charge on any atom is -0.483 e. The molecule has 1 atom stereocenters. The van der Waals surface area contributed by atoms with Crippen LogP contribution in [0.15, 0.2) is 0 Å². The van der Waals surface area contributed by atoms with Crippen LogP contribution in [0.25, 0.3) is 0 Å².